The number of halogens is 1. The van der Waals surface area contributed by atoms with Gasteiger partial charge in [-0.05, 0) is 24.1 Å². The Morgan fingerprint density at radius 3 is 2.71 bits per heavy atom. The van der Waals surface area contributed by atoms with Gasteiger partial charge in [-0.1, -0.05) is 23.7 Å². The van der Waals surface area contributed by atoms with Gasteiger partial charge in [0, 0.05) is 31.7 Å². The number of rotatable bonds is 5. The van der Waals surface area contributed by atoms with Crippen LogP contribution in [0.15, 0.2) is 30.5 Å². The second-order valence-corrected chi connectivity index (χ2v) is 6.72. The van der Waals surface area contributed by atoms with Crippen molar-refractivity contribution in [3.05, 3.63) is 45.4 Å². The molecular weight excluding hydrogens is 306 g/mol. The average Bonchev–Trinajstić information content (AvgIpc) is 3.09. The molecule has 110 valence electrons. The molecule has 3 rings (SSSR count). The van der Waals surface area contributed by atoms with E-state index in [-0.39, 0.29) is 5.91 Å². The van der Waals surface area contributed by atoms with E-state index >= 15 is 0 Å². The molecule has 0 saturated carbocycles. The number of nitrogens with one attached hydrogen (secondary N) is 1. The highest BCUT2D eigenvalue weighted by Gasteiger charge is 2.21. The third-order valence-electron chi connectivity index (χ3n) is 3.45. The molecule has 0 radical (unpaired) electrons. The van der Waals surface area contributed by atoms with Gasteiger partial charge in [-0.15, -0.1) is 11.3 Å². The minimum atomic E-state index is 0.224. The minimum absolute atomic E-state index is 0.224. The Morgan fingerprint density at radius 1 is 1.29 bits per heavy atom. The molecule has 1 aliphatic heterocycles. The number of carbonyl (C=O) groups is 1. The van der Waals surface area contributed by atoms with E-state index in [1.807, 2.05) is 17.0 Å². The molecule has 0 aliphatic carbocycles. The van der Waals surface area contributed by atoms with Crippen LogP contribution >= 0.6 is 22.9 Å². The topological polar surface area (TPSA) is 45.2 Å². The molecule has 6 heteroatoms. The van der Waals surface area contributed by atoms with Crippen molar-refractivity contribution in [2.75, 3.05) is 11.4 Å². The van der Waals surface area contributed by atoms with E-state index in [0.29, 0.717) is 17.3 Å². The number of anilines is 1. The Hall–Kier alpha value is -1.43. The van der Waals surface area contributed by atoms with Gasteiger partial charge >= 0.3 is 0 Å². The smallest absolute Gasteiger partial charge is 0.227 e. The Balaban J connectivity index is 1.53. The minimum Gasteiger partial charge on any atom is -0.312 e. The van der Waals surface area contributed by atoms with Crippen molar-refractivity contribution in [2.24, 2.45) is 0 Å². The van der Waals surface area contributed by atoms with Gasteiger partial charge in [0.2, 0.25) is 5.91 Å². The maximum Gasteiger partial charge on any atom is 0.227 e. The molecule has 1 saturated heterocycles. The van der Waals surface area contributed by atoms with Crippen LogP contribution in [-0.4, -0.2) is 17.4 Å². The fourth-order valence-electron chi connectivity index (χ4n) is 2.40. The average molecular weight is 322 g/mol. The van der Waals surface area contributed by atoms with Crippen molar-refractivity contribution >= 4 is 34.5 Å². The lowest BCUT2D eigenvalue weighted by Gasteiger charge is -2.16. The number of thiazole rings is 1. The molecule has 0 bridgehead atoms. The zero-order valence-corrected chi connectivity index (χ0v) is 13.1. The number of carbonyl (C=O) groups excluding carboxylic acids is 1. The number of hydrogen-bond acceptors (Lipinski definition) is 4. The quantitative estimate of drug-likeness (QED) is 0.919. The van der Waals surface area contributed by atoms with Gasteiger partial charge in [0.25, 0.3) is 0 Å². The van der Waals surface area contributed by atoms with Crippen LogP contribution in [-0.2, 0) is 17.9 Å². The van der Waals surface area contributed by atoms with E-state index in [9.17, 15) is 4.79 Å². The van der Waals surface area contributed by atoms with E-state index in [4.69, 9.17) is 11.6 Å². The molecule has 1 fully saturated rings. The Kier molecular flexibility index (Phi) is 4.53. The van der Waals surface area contributed by atoms with E-state index in [1.165, 1.54) is 16.9 Å². The maximum absolute atomic E-state index is 11.7. The zero-order valence-electron chi connectivity index (χ0n) is 11.5. The lowest BCUT2D eigenvalue weighted by Crippen LogP contribution is -2.23. The molecule has 0 atom stereocenters. The molecule has 0 spiro atoms. The first-order chi connectivity index (χ1) is 10.2. The van der Waals surface area contributed by atoms with Gasteiger partial charge in [0.15, 0.2) is 0 Å². The highest BCUT2D eigenvalue weighted by molar-refractivity contribution is 7.15. The van der Waals surface area contributed by atoms with Crippen molar-refractivity contribution < 1.29 is 4.79 Å². The van der Waals surface area contributed by atoms with Crippen molar-refractivity contribution in [3.63, 3.8) is 0 Å². The van der Waals surface area contributed by atoms with Crippen LogP contribution in [0.5, 0.6) is 0 Å². The Labute approximate surface area is 132 Å². The number of aromatic nitrogens is 1. The lowest BCUT2D eigenvalue weighted by molar-refractivity contribution is -0.117. The van der Waals surface area contributed by atoms with Gasteiger partial charge in [0.05, 0.1) is 6.20 Å². The molecule has 2 aromatic rings. The third kappa shape index (κ3) is 3.61. The molecule has 1 amide bonds. The van der Waals surface area contributed by atoms with E-state index < -0.39 is 0 Å². The van der Waals surface area contributed by atoms with Crippen LogP contribution in [0.2, 0.25) is 4.34 Å². The molecule has 1 aliphatic rings. The third-order valence-corrected chi connectivity index (χ3v) is 4.57. The summed E-state index contributed by atoms with van der Waals surface area (Å²) < 4.78 is 0.714. The summed E-state index contributed by atoms with van der Waals surface area (Å²) in [6.45, 7) is 2.32. The Morgan fingerprint density at radius 2 is 2.10 bits per heavy atom. The predicted octanol–water partition coefficient (Wildman–Crippen LogP) is 3.21. The molecule has 2 heterocycles. The molecule has 1 aromatic carbocycles. The summed E-state index contributed by atoms with van der Waals surface area (Å²) in [6.07, 6.45) is 3.29. The van der Waals surface area contributed by atoms with Crippen molar-refractivity contribution in [1.82, 2.24) is 10.3 Å². The highest BCUT2D eigenvalue weighted by Crippen LogP contribution is 2.22. The maximum atomic E-state index is 11.7. The predicted molar refractivity (Wildman–Crippen MR) is 85.7 cm³/mol. The molecule has 1 N–H and O–H groups in total. The monoisotopic (exact) mass is 321 g/mol. The summed E-state index contributed by atoms with van der Waals surface area (Å²) >= 11 is 7.33. The largest absolute Gasteiger partial charge is 0.312 e. The van der Waals surface area contributed by atoms with Crippen LogP contribution < -0.4 is 10.2 Å². The summed E-state index contributed by atoms with van der Waals surface area (Å²) in [5, 5.41) is 4.32. The zero-order chi connectivity index (χ0) is 14.7. The first-order valence-corrected chi connectivity index (χ1v) is 8.12. The van der Waals surface area contributed by atoms with Crippen LogP contribution in [0.25, 0.3) is 0 Å². The van der Waals surface area contributed by atoms with Gasteiger partial charge in [0.1, 0.15) is 9.34 Å². The van der Waals surface area contributed by atoms with E-state index in [0.717, 1.165) is 30.2 Å². The number of benzene rings is 1. The molecule has 1 aromatic heterocycles. The fourth-order valence-corrected chi connectivity index (χ4v) is 3.32. The second kappa shape index (κ2) is 6.56. The summed E-state index contributed by atoms with van der Waals surface area (Å²) in [5.41, 5.74) is 2.18. The fraction of sp³-hybridized carbons (Fsp3) is 0.333. The first-order valence-electron chi connectivity index (χ1n) is 6.92. The van der Waals surface area contributed by atoms with Crippen molar-refractivity contribution in [3.8, 4) is 0 Å². The van der Waals surface area contributed by atoms with E-state index in [2.05, 4.69) is 22.4 Å². The Bertz CT molecular complexity index is 626. The first kappa shape index (κ1) is 14.5. The highest BCUT2D eigenvalue weighted by atomic mass is 35.5. The standard InChI is InChI=1S/C15H16ClN3OS/c16-13-9-18-14(21-13)10-17-8-11-3-5-12(6-4-11)19-7-1-2-15(19)20/h3-6,9,17H,1-2,7-8,10H2. The molecular formula is C15H16ClN3OS. The van der Waals surface area contributed by atoms with Crippen LogP contribution in [0, 0.1) is 0 Å². The number of amides is 1. The van der Waals surface area contributed by atoms with E-state index in [1.54, 1.807) is 6.20 Å². The van der Waals surface area contributed by atoms with Gasteiger partial charge in [-0.3, -0.25) is 4.79 Å². The lowest BCUT2D eigenvalue weighted by atomic mass is 10.2. The summed E-state index contributed by atoms with van der Waals surface area (Å²) in [6, 6.07) is 8.15. The van der Waals surface area contributed by atoms with Gasteiger partial charge in [-0.2, -0.15) is 0 Å². The van der Waals surface area contributed by atoms with Crippen LogP contribution in [0.1, 0.15) is 23.4 Å². The van der Waals surface area contributed by atoms with Gasteiger partial charge in [-0.25, -0.2) is 4.98 Å². The molecule has 0 unspecified atom stereocenters. The summed E-state index contributed by atoms with van der Waals surface area (Å²) in [4.78, 5) is 17.7. The molecule has 4 nitrogen and oxygen atoms in total. The van der Waals surface area contributed by atoms with Crippen molar-refractivity contribution in [1.29, 1.82) is 0 Å². The molecule has 21 heavy (non-hydrogen) atoms. The number of nitrogens with zero attached hydrogens (tertiary/aromatic N) is 2. The van der Waals surface area contributed by atoms with Gasteiger partial charge < -0.3 is 10.2 Å². The van der Waals surface area contributed by atoms with Crippen LogP contribution in [0.3, 0.4) is 0 Å². The van der Waals surface area contributed by atoms with Crippen molar-refractivity contribution in [2.45, 2.75) is 25.9 Å². The van der Waals surface area contributed by atoms with Crippen LogP contribution in [0.4, 0.5) is 5.69 Å². The number of hydrogen-bond donors (Lipinski definition) is 1. The SMILES string of the molecule is O=C1CCCN1c1ccc(CNCc2ncc(Cl)s2)cc1. The summed E-state index contributed by atoms with van der Waals surface area (Å²) in [5.74, 6) is 0.224. The summed E-state index contributed by atoms with van der Waals surface area (Å²) in [7, 11) is 0. The normalized spacial score (nSPS) is 14.9. The second-order valence-electron chi connectivity index (χ2n) is 4.98.